The molecule has 180 valence electrons. The quantitative estimate of drug-likeness (QED) is 0.365. The van der Waals surface area contributed by atoms with E-state index in [4.69, 9.17) is 5.26 Å². The Labute approximate surface area is 211 Å². The molecule has 0 unspecified atom stereocenters. The molecule has 7 heteroatoms. The monoisotopic (exact) mass is 476 g/mol. The van der Waals surface area contributed by atoms with Gasteiger partial charge < -0.3 is 9.47 Å². The maximum absolute atomic E-state index is 13.5. The maximum atomic E-state index is 13.5. The molecule has 1 aliphatic rings. The summed E-state index contributed by atoms with van der Waals surface area (Å²) in [5.74, 6) is 0.172. The molecule has 0 radical (unpaired) electrons. The number of nitriles is 1. The molecule has 0 N–H and O–H groups in total. The molecule has 1 fully saturated rings. The van der Waals surface area contributed by atoms with E-state index in [0.717, 1.165) is 35.3 Å². The van der Waals surface area contributed by atoms with Crippen molar-refractivity contribution in [3.63, 3.8) is 0 Å². The fraction of sp³-hybridized carbons (Fsp3) is 0.241. The summed E-state index contributed by atoms with van der Waals surface area (Å²) in [7, 11) is 0. The van der Waals surface area contributed by atoms with E-state index in [9.17, 15) is 4.79 Å². The van der Waals surface area contributed by atoms with Crippen molar-refractivity contribution >= 4 is 5.91 Å². The lowest BCUT2D eigenvalue weighted by atomic mass is 10.1. The second-order valence-electron chi connectivity index (χ2n) is 9.13. The van der Waals surface area contributed by atoms with Crippen LogP contribution in [0.15, 0.2) is 91.6 Å². The minimum absolute atomic E-state index is 0.172. The first-order valence-corrected chi connectivity index (χ1v) is 12.1. The number of nitrogens with zero attached hydrogens (tertiary/aromatic N) is 6. The fourth-order valence-corrected chi connectivity index (χ4v) is 4.73. The molecule has 1 saturated heterocycles. The van der Waals surface area contributed by atoms with E-state index in [-0.39, 0.29) is 11.9 Å². The smallest absolute Gasteiger partial charge is 0.240 e. The molecule has 7 nitrogen and oxygen atoms in total. The third-order valence-electron chi connectivity index (χ3n) is 6.66. The fourth-order valence-electron chi connectivity index (χ4n) is 4.73. The highest BCUT2D eigenvalue weighted by Crippen LogP contribution is 2.24. The highest BCUT2D eigenvalue weighted by molar-refractivity contribution is 5.84. The molecule has 0 saturated carbocycles. The zero-order valence-corrected chi connectivity index (χ0v) is 20.1. The Morgan fingerprint density at radius 3 is 2.39 bits per heavy atom. The van der Waals surface area contributed by atoms with Gasteiger partial charge in [0, 0.05) is 51.3 Å². The van der Waals surface area contributed by atoms with Gasteiger partial charge in [0.2, 0.25) is 5.91 Å². The van der Waals surface area contributed by atoms with Gasteiger partial charge in [-0.1, -0.05) is 42.5 Å². The van der Waals surface area contributed by atoms with Gasteiger partial charge in [-0.3, -0.25) is 14.7 Å². The summed E-state index contributed by atoms with van der Waals surface area (Å²) in [6.45, 7) is 3.29. The summed E-state index contributed by atoms with van der Waals surface area (Å²) in [6.07, 6.45) is 8.09. The number of hydrogen-bond acceptors (Lipinski definition) is 5. The zero-order valence-electron chi connectivity index (χ0n) is 20.1. The summed E-state index contributed by atoms with van der Waals surface area (Å²) in [4.78, 5) is 26.3. The summed E-state index contributed by atoms with van der Waals surface area (Å²) in [6, 6.07) is 23.7. The van der Waals surface area contributed by atoms with Crippen molar-refractivity contribution in [2.45, 2.75) is 38.6 Å². The van der Waals surface area contributed by atoms with Crippen LogP contribution < -0.4 is 0 Å². The van der Waals surface area contributed by atoms with Crippen LogP contribution in [0.5, 0.6) is 0 Å². The van der Waals surface area contributed by atoms with Crippen molar-refractivity contribution in [2.75, 3.05) is 6.54 Å². The molecular weight excluding hydrogens is 448 g/mol. The summed E-state index contributed by atoms with van der Waals surface area (Å²) in [5, 5.41) is 9.07. The predicted molar refractivity (Wildman–Crippen MR) is 136 cm³/mol. The van der Waals surface area contributed by atoms with Gasteiger partial charge in [-0.25, -0.2) is 4.98 Å². The van der Waals surface area contributed by atoms with Gasteiger partial charge in [0.25, 0.3) is 0 Å². The highest BCUT2D eigenvalue weighted by Gasteiger charge is 2.36. The molecule has 0 spiro atoms. The number of pyridine rings is 1. The molecule has 3 heterocycles. The second kappa shape index (κ2) is 11.0. The van der Waals surface area contributed by atoms with Crippen molar-refractivity contribution in [3.05, 3.63) is 120 Å². The molecule has 1 atom stereocenters. The van der Waals surface area contributed by atoms with Gasteiger partial charge in [0.1, 0.15) is 0 Å². The van der Waals surface area contributed by atoms with Crippen molar-refractivity contribution in [2.24, 2.45) is 0 Å². The minimum Gasteiger partial charge on any atom is -0.337 e. The minimum atomic E-state index is -0.194. The van der Waals surface area contributed by atoms with Crippen LogP contribution in [0, 0.1) is 11.3 Å². The number of hydrogen-bond donors (Lipinski definition) is 0. The van der Waals surface area contributed by atoms with E-state index < -0.39 is 0 Å². The molecule has 36 heavy (non-hydrogen) atoms. The number of carbonyl (C=O) groups is 1. The molecule has 0 bridgehead atoms. The number of likely N-dealkylation sites (tertiary alicyclic amines) is 1. The standard InChI is InChI=1S/C29H28N6O/c30-16-23-6-8-25(9-7-23)20-35-22-32-17-27(35)21-34(19-26-10-13-31-14-11-26)28-12-15-33(29(28)36)18-24-4-2-1-3-5-24/h1-11,13-14,17,22,28H,12,15,18-21H2/t28-/m0/s1. The Morgan fingerprint density at radius 1 is 0.889 bits per heavy atom. The van der Waals surface area contributed by atoms with E-state index in [1.54, 1.807) is 12.4 Å². The molecule has 1 amide bonds. The van der Waals surface area contributed by atoms with E-state index in [0.29, 0.717) is 31.7 Å². The van der Waals surface area contributed by atoms with Gasteiger partial charge in [0.15, 0.2) is 0 Å². The van der Waals surface area contributed by atoms with Crippen molar-refractivity contribution < 1.29 is 4.79 Å². The van der Waals surface area contributed by atoms with E-state index in [1.165, 1.54) is 0 Å². The number of carbonyl (C=O) groups excluding carboxylic acids is 1. The van der Waals surface area contributed by atoms with Crippen LogP contribution in [0.1, 0.15) is 34.4 Å². The van der Waals surface area contributed by atoms with Gasteiger partial charge in [-0.2, -0.15) is 5.26 Å². The Bertz CT molecular complexity index is 1330. The van der Waals surface area contributed by atoms with Crippen LogP contribution in [0.4, 0.5) is 0 Å². The summed E-state index contributed by atoms with van der Waals surface area (Å²) >= 11 is 0. The number of benzene rings is 2. The van der Waals surface area contributed by atoms with Gasteiger partial charge in [-0.05, 0) is 47.4 Å². The normalized spacial score (nSPS) is 15.4. The van der Waals surface area contributed by atoms with Crippen LogP contribution in [0.2, 0.25) is 0 Å². The summed E-state index contributed by atoms with van der Waals surface area (Å²) < 4.78 is 2.11. The summed E-state index contributed by atoms with van der Waals surface area (Å²) in [5.41, 5.74) is 5.06. The number of rotatable bonds is 9. The first kappa shape index (κ1) is 23.5. The van der Waals surface area contributed by atoms with Crippen LogP contribution >= 0.6 is 0 Å². The first-order chi connectivity index (χ1) is 17.7. The SMILES string of the molecule is N#Cc1ccc(Cn2cncc2CN(Cc2ccncc2)[C@H]2CCN(Cc3ccccc3)C2=O)cc1. The van der Waals surface area contributed by atoms with E-state index in [1.807, 2.05) is 72.0 Å². The lowest BCUT2D eigenvalue weighted by Gasteiger charge is -2.28. The lowest BCUT2D eigenvalue weighted by molar-refractivity contribution is -0.133. The lowest BCUT2D eigenvalue weighted by Crippen LogP contribution is -2.41. The highest BCUT2D eigenvalue weighted by atomic mass is 16.2. The molecular formula is C29H28N6O. The largest absolute Gasteiger partial charge is 0.337 e. The maximum Gasteiger partial charge on any atom is 0.240 e. The molecule has 1 aliphatic heterocycles. The van der Waals surface area contributed by atoms with Gasteiger partial charge >= 0.3 is 0 Å². The van der Waals surface area contributed by atoms with Crippen molar-refractivity contribution in [3.8, 4) is 6.07 Å². The van der Waals surface area contributed by atoms with Gasteiger partial charge in [-0.15, -0.1) is 0 Å². The van der Waals surface area contributed by atoms with Crippen LogP contribution in [-0.2, 0) is 31.0 Å². The third-order valence-corrected chi connectivity index (χ3v) is 6.66. The first-order valence-electron chi connectivity index (χ1n) is 12.1. The van der Waals surface area contributed by atoms with E-state index >= 15 is 0 Å². The van der Waals surface area contributed by atoms with Crippen molar-refractivity contribution in [1.82, 2.24) is 24.3 Å². The number of aromatic nitrogens is 3. The molecule has 5 rings (SSSR count). The van der Waals surface area contributed by atoms with E-state index in [2.05, 4.69) is 37.6 Å². The Kier molecular flexibility index (Phi) is 7.15. The van der Waals surface area contributed by atoms with Crippen LogP contribution in [0.3, 0.4) is 0 Å². The zero-order chi connectivity index (χ0) is 24.7. The predicted octanol–water partition coefficient (Wildman–Crippen LogP) is 4.00. The molecule has 2 aromatic carbocycles. The Morgan fingerprint density at radius 2 is 1.64 bits per heavy atom. The van der Waals surface area contributed by atoms with Crippen LogP contribution in [-0.4, -0.2) is 42.8 Å². The molecule has 2 aromatic heterocycles. The van der Waals surface area contributed by atoms with Crippen molar-refractivity contribution in [1.29, 1.82) is 5.26 Å². The van der Waals surface area contributed by atoms with Crippen LogP contribution in [0.25, 0.3) is 0 Å². The van der Waals surface area contributed by atoms with Gasteiger partial charge in [0.05, 0.1) is 29.7 Å². The third kappa shape index (κ3) is 5.51. The average molecular weight is 477 g/mol. The second-order valence-corrected chi connectivity index (χ2v) is 9.13. The number of imidazole rings is 1. The number of amides is 1. The Balaban J connectivity index is 1.35. The topological polar surface area (TPSA) is 78.1 Å². The molecule has 4 aromatic rings. The molecule has 0 aliphatic carbocycles. The average Bonchev–Trinajstić information content (AvgIpc) is 3.51. The Hall–Kier alpha value is -4.28.